The fraction of sp³-hybridized carbons (Fsp3) is 0.455. The topological polar surface area (TPSA) is 93.3 Å². The summed E-state index contributed by atoms with van der Waals surface area (Å²) >= 11 is 0. The van der Waals surface area contributed by atoms with E-state index in [-0.39, 0.29) is 12.1 Å². The fourth-order valence-corrected chi connectivity index (χ4v) is 1.09. The first kappa shape index (κ1) is 15.0. The molecule has 0 amide bonds. The van der Waals surface area contributed by atoms with Crippen molar-refractivity contribution in [3.05, 3.63) is 34.1 Å². The summed E-state index contributed by atoms with van der Waals surface area (Å²) in [5.74, 6) is -0.850. The highest BCUT2D eigenvalue weighted by atomic mass is 16.6. The quantitative estimate of drug-likeness (QED) is 0.630. The minimum Gasteiger partial charge on any atom is -0.481 e. The second-order valence-corrected chi connectivity index (χ2v) is 3.01. The molecule has 6 heteroatoms. The Hall–Kier alpha value is -1.98. The van der Waals surface area contributed by atoms with Gasteiger partial charge in [0.05, 0.1) is 4.92 Å². The Morgan fingerprint density at radius 2 is 2.12 bits per heavy atom. The van der Waals surface area contributed by atoms with Crippen LogP contribution in [0, 0.1) is 10.1 Å². The number of carboxylic acid groups (broad SMARTS) is 1. The van der Waals surface area contributed by atoms with E-state index in [9.17, 15) is 14.9 Å². The largest absolute Gasteiger partial charge is 0.481 e. The molecule has 0 aliphatic carbocycles. The van der Waals surface area contributed by atoms with Gasteiger partial charge in [0.1, 0.15) is 6.20 Å². The van der Waals surface area contributed by atoms with Gasteiger partial charge in [-0.25, -0.2) is 0 Å². The number of carboxylic acids is 1. The average molecular weight is 240 g/mol. The molecule has 0 saturated heterocycles. The predicted octanol–water partition coefficient (Wildman–Crippen LogP) is 2.42. The molecule has 0 saturated carbocycles. The molecule has 1 aromatic rings. The highest BCUT2D eigenvalue weighted by molar-refractivity contribution is 5.66. The van der Waals surface area contributed by atoms with Crippen molar-refractivity contribution in [2.45, 2.75) is 33.1 Å². The van der Waals surface area contributed by atoms with Crippen molar-refractivity contribution in [2.24, 2.45) is 0 Å². The molecular formula is C11H16N2O4. The molecule has 1 heterocycles. The van der Waals surface area contributed by atoms with Crippen molar-refractivity contribution < 1.29 is 14.8 Å². The van der Waals surface area contributed by atoms with Gasteiger partial charge in [-0.05, 0) is 18.9 Å². The summed E-state index contributed by atoms with van der Waals surface area (Å²) in [6, 6.07) is 2.91. The zero-order valence-electron chi connectivity index (χ0n) is 9.92. The van der Waals surface area contributed by atoms with Crippen molar-refractivity contribution in [1.29, 1.82) is 0 Å². The van der Waals surface area contributed by atoms with Crippen LogP contribution >= 0.6 is 0 Å². The number of hydrogen-bond donors (Lipinski definition) is 1. The van der Waals surface area contributed by atoms with E-state index in [0.717, 1.165) is 0 Å². The standard InChI is InChI=1S/C9H10N2O4.C2H6/c12-9(13)3-1-2-7-4-5-8(6-10-7)11(14)15;1-2/h4-6H,1-3H2,(H,12,13);1-2H3. The normalized spacial score (nSPS) is 9.06. The smallest absolute Gasteiger partial charge is 0.303 e. The molecule has 0 atom stereocenters. The summed E-state index contributed by atoms with van der Waals surface area (Å²) in [4.78, 5) is 23.9. The molecule has 1 rings (SSSR count). The maximum atomic E-state index is 10.3. The van der Waals surface area contributed by atoms with Gasteiger partial charge in [-0.2, -0.15) is 0 Å². The van der Waals surface area contributed by atoms with Gasteiger partial charge in [0.15, 0.2) is 0 Å². The van der Waals surface area contributed by atoms with Crippen molar-refractivity contribution >= 4 is 11.7 Å². The fourth-order valence-electron chi connectivity index (χ4n) is 1.09. The number of aryl methyl sites for hydroxylation is 1. The summed E-state index contributed by atoms with van der Waals surface area (Å²) in [5.41, 5.74) is 0.610. The Labute approximate surface area is 99.5 Å². The zero-order chi connectivity index (χ0) is 13.3. The lowest BCUT2D eigenvalue weighted by Crippen LogP contribution is -1.97. The van der Waals surface area contributed by atoms with Crippen LogP contribution in [0.4, 0.5) is 5.69 Å². The Morgan fingerprint density at radius 1 is 1.47 bits per heavy atom. The SMILES string of the molecule is CC.O=C(O)CCCc1ccc([N+](=O)[O-])cn1. The van der Waals surface area contributed by atoms with Crippen LogP contribution < -0.4 is 0 Å². The lowest BCUT2D eigenvalue weighted by Gasteiger charge is -1.97. The molecule has 0 spiro atoms. The summed E-state index contributed by atoms with van der Waals surface area (Å²) in [5, 5.41) is 18.7. The first-order chi connectivity index (χ1) is 8.09. The van der Waals surface area contributed by atoms with Gasteiger partial charge in [-0.3, -0.25) is 19.9 Å². The molecular weight excluding hydrogens is 224 g/mol. The van der Waals surface area contributed by atoms with E-state index in [4.69, 9.17) is 5.11 Å². The maximum absolute atomic E-state index is 10.3. The van der Waals surface area contributed by atoms with Gasteiger partial charge in [-0.1, -0.05) is 13.8 Å². The number of aromatic nitrogens is 1. The highest BCUT2D eigenvalue weighted by Crippen LogP contribution is 2.10. The second-order valence-electron chi connectivity index (χ2n) is 3.01. The molecule has 17 heavy (non-hydrogen) atoms. The molecule has 0 fully saturated rings. The predicted molar refractivity (Wildman–Crippen MR) is 62.8 cm³/mol. The molecule has 0 unspecified atom stereocenters. The number of carbonyl (C=O) groups is 1. The molecule has 1 N–H and O–H groups in total. The van der Waals surface area contributed by atoms with E-state index in [2.05, 4.69) is 4.98 Å². The molecule has 0 aliphatic heterocycles. The third-order valence-electron chi connectivity index (χ3n) is 1.84. The zero-order valence-corrected chi connectivity index (χ0v) is 9.92. The number of nitro groups is 1. The minimum atomic E-state index is -0.850. The third-order valence-corrected chi connectivity index (χ3v) is 1.84. The van der Waals surface area contributed by atoms with Crippen LogP contribution in [0.25, 0.3) is 0 Å². The van der Waals surface area contributed by atoms with Crippen molar-refractivity contribution in [3.63, 3.8) is 0 Å². The van der Waals surface area contributed by atoms with E-state index in [1.54, 1.807) is 6.07 Å². The number of rotatable bonds is 5. The first-order valence-corrected chi connectivity index (χ1v) is 5.40. The van der Waals surface area contributed by atoms with Gasteiger partial charge in [-0.15, -0.1) is 0 Å². The summed E-state index contributed by atoms with van der Waals surface area (Å²) in [6.07, 6.45) is 2.26. The van der Waals surface area contributed by atoms with Gasteiger partial charge in [0.25, 0.3) is 5.69 Å². The number of aliphatic carboxylic acids is 1. The minimum absolute atomic E-state index is 0.0583. The van der Waals surface area contributed by atoms with Crippen LogP contribution in [0.1, 0.15) is 32.4 Å². The number of hydrogen-bond acceptors (Lipinski definition) is 4. The Balaban J connectivity index is 0.00000121. The van der Waals surface area contributed by atoms with Crippen LogP contribution in [-0.2, 0) is 11.2 Å². The summed E-state index contributed by atoms with van der Waals surface area (Å²) in [7, 11) is 0. The second kappa shape index (κ2) is 8.20. The molecule has 1 aromatic heterocycles. The lowest BCUT2D eigenvalue weighted by atomic mass is 10.2. The van der Waals surface area contributed by atoms with E-state index in [1.807, 2.05) is 13.8 Å². The number of pyridine rings is 1. The van der Waals surface area contributed by atoms with Crippen LogP contribution in [0.3, 0.4) is 0 Å². The Kier molecular flexibility index (Phi) is 7.25. The average Bonchev–Trinajstić information content (AvgIpc) is 2.32. The van der Waals surface area contributed by atoms with Crippen LogP contribution in [0.5, 0.6) is 0 Å². The molecule has 0 bridgehead atoms. The van der Waals surface area contributed by atoms with Crippen LogP contribution in [0.2, 0.25) is 0 Å². The molecule has 0 aliphatic rings. The highest BCUT2D eigenvalue weighted by Gasteiger charge is 2.05. The molecule has 0 aromatic carbocycles. The monoisotopic (exact) mass is 240 g/mol. The number of nitrogens with zero attached hydrogens (tertiary/aromatic N) is 2. The Bertz CT molecular complexity index is 362. The van der Waals surface area contributed by atoms with Gasteiger partial charge in [0.2, 0.25) is 0 Å². The van der Waals surface area contributed by atoms with Gasteiger partial charge < -0.3 is 5.11 Å². The van der Waals surface area contributed by atoms with Crippen molar-refractivity contribution in [2.75, 3.05) is 0 Å². The molecule has 0 radical (unpaired) electrons. The third kappa shape index (κ3) is 6.24. The van der Waals surface area contributed by atoms with Crippen molar-refractivity contribution in [3.8, 4) is 0 Å². The van der Waals surface area contributed by atoms with E-state index < -0.39 is 10.9 Å². The lowest BCUT2D eigenvalue weighted by molar-refractivity contribution is -0.385. The summed E-state index contributed by atoms with van der Waals surface area (Å²) < 4.78 is 0. The molecule has 6 nitrogen and oxygen atoms in total. The summed E-state index contributed by atoms with van der Waals surface area (Å²) in [6.45, 7) is 4.00. The van der Waals surface area contributed by atoms with E-state index in [1.165, 1.54) is 12.3 Å². The van der Waals surface area contributed by atoms with Crippen LogP contribution in [0.15, 0.2) is 18.3 Å². The van der Waals surface area contributed by atoms with Gasteiger partial charge >= 0.3 is 5.97 Å². The Morgan fingerprint density at radius 3 is 2.53 bits per heavy atom. The first-order valence-electron chi connectivity index (χ1n) is 5.40. The van der Waals surface area contributed by atoms with Crippen molar-refractivity contribution in [1.82, 2.24) is 4.98 Å². The van der Waals surface area contributed by atoms with Gasteiger partial charge in [0, 0.05) is 18.2 Å². The maximum Gasteiger partial charge on any atom is 0.303 e. The van der Waals surface area contributed by atoms with E-state index in [0.29, 0.717) is 18.5 Å². The van der Waals surface area contributed by atoms with Crippen LogP contribution in [-0.4, -0.2) is 21.0 Å². The molecule has 94 valence electrons. The van der Waals surface area contributed by atoms with E-state index >= 15 is 0 Å².